The molecule has 0 bridgehead atoms. The summed E-state index contributed by atoms with van der Waals surface area (Å²) in [5.74, 6) is -0.319. The van der Waals surface area contributed by atoms with E-state index in [9.17, 15) is 9.59 Å². The molecule has 0 aliphatic carbocycles. The molecule has 0 spiro atoms. The molecule has 4 aromatic rings. The highest BCUT2D eigenvalue weighted by atomic mass is 32.2. The second-order valence-electron chi connectivity index (χ2n) is 5.59. The molecule has 6 heteroatoms. The molecule has 2 aromatic carbocycles. The van der Waals surface area contributed by atoms with Crippen LogP contribution in [-0.2, 0) is 9.59 Å². The fourth-order valence-electron chi connectivity index (χ4n) is 2.92. The van der Waals surface area contributed by atoms with E-state index in [1.807, 2.05) is 24.3 Å². The van der Waals surface area contributed by atoms with E-state index in [2.05, 4.69) is 22.8 Å². The maximum atomic E-state index is 11.6. The zero-order chi connectivity index (χ0) is 16.8. The number of benzene rings is 2. The molecular weight excluding hydrogens is 340 g/mol. The van der Waals surface area contributed by atoms with Crippen molar-refractivity contribution in [2.45, 2.75) is 13.8 Å². The molecule has 0 unspecified atom stereocenters. The molecule has 0 saturated carbocycles. The molecular formula is C18H14N2O2S2. The highest BCUT2D eigenvalue weighted by Gasteiger charge is 2.17. The van der Waals surface area contributed by atoms with Crippen LogP contribution in [0.5, 0.6) is 0 Å². The van der Waals surface area contributed by atoms with Crippen LogP contribution >= 0.6 is 22.7 Å². The lowest BCUT2D eigenvalue weighted by atomic mass is 10.1. The summed E-state index contributed by atoms with van der Waals surface area (Å²) in [5.41, 5.74) is 1.30. The third-order valence-corrected chi connectivity index (χ3v) is 6.28. The predicted molar refractivity (Wildman–Crippen MR) is 103 cm³/mol. The number of hydrogen-bond donors (Lipinski definition) is 2. The van der Waals surface area contributed by atoms with Crippen LogP contribution in [0, 0.1) is 0 Å². The topological polar surface area (TPSA) is 58.2 Å². The minimum Gasteiger partial charge on any atom is -0.324 e. The van der Waals surface area contributed by atoms with E-state index >= 15 is 0 Å². The van der Waals surface area contributed by atoms with E-state index in [1.54, 1.807) is 22.7 Å². The van der Waals surface area contributed by atoms with Crippen LogP contribution in [0.15, 0.2) is 36.4 Å². The Morgan fingerprint density at radius 2 is 1.62 bits per heavy atom. The largest absolute Gasteiger partial charge is 0.324 e. The van der Waals surface area contributed by atoms with Crippen molar-refractivity contribution < 1.29 is 9.59 Å². The van der Waals surface area contributed by atoms with Crippen LogP contribution in [0.2, 0.25) is 0 Å². The Morgan fingerprint density at radius 3 is 2.38 bits per heavy atom. The number of nitrogens with one attached hydrogen (secondary N) is 2. The van der Waals surface area contributed by atoms with Gasteiger partial charge in [0.15, 0.2) is 0 Å². The average Bonchev–Trinajstić information content (AvgIpc) is 3.04. The predicted octanol–water partition coefficient (Wildman–Crippen LogP) is 5.19. The molecule has 24 heavy (non-hydrogen) atoms. The van der Waals surface area contributed by atoms with Crippen LogP contribution in [-0.4, -0.2) is 11.8 Å². The smallest absolute Gasteiger partial charge is 0.221 e. The van der Waals surface area contributed by atoms with E-state index in [1.165, 1.54) is 33.3 Å². The average molecular weight is 354 g/mol. The Labute approximate surface area is 146 Å². The van der Waals surface area contributed by atoms with Gasteiger partial charge in [-0.05, 0) is 12.1 Å². The van der Waals surface area contributed by atoms with Crippen molar-refractivity contribution in [1.82, 2.24) is 0 Å². The Kier molecular flexibility index (Phi) is 3.51. The van der Waals surface area contributed by atoms with Crippen molar-refractivity contribution in [3.8, 4) is 0 Å². The van der Waals surface area contributed by atoms with Gasteiger partial charge in [0.05, 0.1) is 20.1 Å². The molecule has 2 amide bonds. The standard InChI is InChI=1S/C18H14N2O2S2/c1-9(21)19-13-8-7-12-15-11-5-3-4-6-14(11)23-18(15)24-17(12)16(13)20-10(2)22/h3-8H,1-2H3,(H,19,21)(H,20,22). The Balaban J connectivity index is 2.06. The molecule has 0 fully saturated rings. The van der Waals surface area contributed by atoms with Crippen molar-refractivity contribution >= 4 is 75.4 Å². The molecule has 2 heterocycles. The summed E-state index contributed by atoms with van der Waals surface area (Å²) in [7, 11) is 0. The molecule has 2 N–H and O–H groups in total. The number of anilines is 2. The minimum absolute atomic E-state index is 0.157. The summed E-state index contributed by atoms with van der Waals surface area (Å²) in [5, 5.41) is 9.23. The summed E-state index contributed by atoms with van der Waals surface area (Å²) < 4.78 is 3.47. The van der Waals surface area contributed by atoms with Crippen molar-refractivity contribution in [1.29, 1.82) is 0 Å². The van der Waals surface area contributed by atoms with Gasteiger partial charge in [-0.1, -0.05) is 24.3 Å². The van der Waals surface area contributed by atoms with Gasteiger partial charge in [0.25, 0.3) is 0 Å². The molecule has 0 saturated heterocycles. The second kappa shape index (κ2) is 5.58. The monoisotopic (exact) mass is 354 g/mol. The fraction of sp³-hybridized carbons (Fsp3) is 0.111. The maximum Gasteiger partial charge on any atom is 0.221 e. The normalized spacial score (nSPS) is 11.2. The number of amides is 2. The SMILES string of the molecule is CC(=O)Nc1ccc2c(sc3sc4ccccc4c32)c1NC(C)=O. The Morgan fingerprint density at radius 1 is 0.875 bits per heavy atom. The first kappa shape index (κ1) is 15.1. The molecule has 0 atom stereocenters. The van der Waals surface area contributed by atoms with E-state index < -0.39 is 0 Å². The second-order valence-corrected chi connectivity index (χ2v) is 7.92. The van der Waals surface area contributed by atoms with Crippen molar-refractivity contribution in [3.63, 3.8) is 0 Å². The first-order valence-electron chi connectivity index (χ1n) is 7.46. The van der Waals surface area contributed by atoms with Gasteiger partial charge in [0.2, 0.25) is 11.8 Å². The van der Waals surface area contributed by atoms with Crippen molar-refractivity contribution in [2.75, 3.05) is 10.6 Å². The molecule has 0 aliphatic heterocycles. The van der Waals surface area contributed by atoms with Crippen molar-refractivity contribution in [2.24, 2.45) is 0 Å². The minimum atomic E-state index is -0.162. The van der Waals surface area contributed by atoms with Crippen LogP contribution in [0.1, 0.15) is 13.8 Å². The zero-order valence-corrected chi connectivity index (χ0v) is 14.7. The Bertz CT molecular complexity index is 1120. The van der Waals surface area contributed by atoms with E-state index in [0.717, 1.165) is 10.1 Å². The number of carbonyl (C=O) groups excluding carboxylic acids is 2. The van der Waals surface area contributed by atoms with Gasteiger partial charge in [-0.3, -0.25) is 9.59 Å². The maximum absolute atomic E-state index is 11.6. The molecule has 2 aromatic heterocycles. The number of hydrogen-bond acceptors (Lipinski definition) is 4. The third kappa shape index (κ3) is 2.35. The highest BCUT2D eigenvalue weighted by molar-refractivity contribution is 7.44. The number of rotatable bonds is 2. The van der Waals surface area contributed by atoms with Crippen LogP contribution in [0.3, 0.4) is 0 Å². The van der Waals surface area contributed by atoms with Gasteiger partial charge in [0, 0.05) is 34.7 Å². The Hall–Kier alpha value is -2.44. The number of fused-ring (bicyclic) bond motifs is 5. The van der Waals surface area contributed by atoms with Crippen LogP contribution in [0.25, 0.3) is 29.6 Å². The molecule has 4 nitrogen and oxygen atoms in total. The fourth-order valence-corrected chi connectivity index (χ4v) is 5.61. The van der Waals surface area contributed by atoms with Gasteiger partial charge >= 0.3 is 0 Å². The highest BCUT2D eigenvalue weighted by Crippen LogP contribution is 2.47. The molecule has 4 rings (SSSR count). The van der Waals surface area contributed by atoms with Crippen LogP contribution in [0.4, 0.5) is 11.4 Å². The third-order valence-electron chi connectivity index (χ3n) is 3.80. The lowest BCUT2D eigenvalue weighted by Crippen LogP contribution is -2.12. The van der Waals surface area contributed by atoms with Crippen LogP contribution < -0.4 is 10.6 Å². The number of carbonyl (C=O) groups is 2. The van der Waals surface area contributed by atoms with Gasteiger partial charge < -0.3 is 10.6 Å². The lowest BCUT2D eigenvalue weighted by molar-refractivity contribution is -0.115. The van der Waals surface area contributed by atoms with Gasteiger partial charge in [-0.15, -0.1) is 22.7 Å². The number of thiophene rings is 2. The summed E-state index contributed by atoms with van der Waals surface area (Å²) in [6.45, 7) is 2.93. The van der Waals surface area contributed by atoms with E-state index in [4.69, 9.17) is 0 Å². The molecule has 0 aliphatic rings. The van der Waals surface area contributed by atoms with Gasteiger partial charge in [-0.2, -0.15) is 0 Å². The summed E-state index contributed by atoms with van der Waals surface area (Å²) in [4.78, 5) is 23.1. The summed E-state index contributed by atoms with van der Waals surface area (Å²) >= 11 is 3.40. The van der Waals surface area contributed by atoms with Crippen molar-refractivity contribution in [3.05, 3.63) is 36.4 Å². The first-order valence-corrected chi connectivity index (χ1v) is 9.10. The molecule has 0 radical (unpaired) electrons. The zero-order valence-electron chi connectivity index (χ0n) is 13.1. The molecule has 120 valence electrons. The summed E-state index contributed by atoms with van der Waals surface area (Å²) in [6.07, 6.45) is 0. The summed E-state index contributed by atoms with van der Waals surface area (Å²) in [6, 6.07) is 12.2. The van der Waals surface area contributed by atoms with Gasteiger partial charge in [0.1, 0.15) is 0 Å². The lowest BCUT2D eigenvalue weighted by Gasteiger charge is -2.11. The van der Waals surface area contributed by atoms with Gasteiger partial charge in [-0.25, -0.2) is 0 Å². The first-order chi connectivity index (χ1) is 11.5. The quantitative estimate of drug-likeness (QED) is 0.521. The van der Waals surface area contributed by atoms with E-state index in [-0.39, 0.29) is 11.8 Å². The van der Waals surface area contributed by atoms with E-state index in [0.29, 0.717) is 11.4 Å².